The Balaban J connectivity index is 2.96. The zero-order valence-electron chi connectivity index (χ0n) is 6.16. The van der Waals surface area contributed by atoms with Crippen molar-refractivity contribution in [1.82, 2.24) is 0 Å². The minimum atomic E-state index is -0.374. The van der Waals surface area contributed by atoms with Crippen LogP contribution in [-0.4, -0.2) is 28.3 Å². The molecule has 0 atom stereocenters. The zero-order chi connectivity index (χ0) is 8.43. The normalized spacial score (nSPS) is 18.7. The van der Waals surface area contributed by atoms with Crippen molar-refractivity contribution in [2.24, 2.45) is 4.99 Å². The van der Waals surface area contributed by atoms with E-state index in [1.807, 2.05) is 0 Å². The number of carbonyl (C=O) groups is 1. The molecule has 0 aliphatic carbocycles. The highest BCUT2D eigenvalue weighted by molar-refractivity contribution is 6.11. The molecule has 11 heavy (non-hydrogen) atoms. The number of allylic oxidation sites excluding steroid dienone is 2. The fourth-order valence-corrected chi connectivity index (χ4v) is 0.892. The third kappa shape index (κ3) is 1.46. The van der Waals surface area contributed by atoms with Crippen LogP contribution in [0.5, 0.6) is 0 Å². The first-order chi connectivity index (χ1) is 5.15. The molecule has 2 N–H and O–H groups in total. The quantitative estimate of drug-likeness (QED) is 0.567. The van der Waals surface area contributed by atoms with Gasteiger partial charge in [-0.05, 0) is 6.92 Å². The molecule has 0 saturated carbocycles. The molecule has 1 rings (SSSR count). The number of hydrogen-bond donors (Lipinski definition) is 2. The summed E-state index contributed by atoms with van der Waals surface area (Å²) in [6, 6.07) is 0. The lowest BCUT2D eigenvalue weighted by Gasteiger charge is -2.09. The van der Waals surface area contributed by atoms with Gasteiger partial charge in [0.25, 0.3) is 0 Å². The molecule has 0 unspecified atom stereocenters. The molecule has 4 heteroatoms. The maximum atomic E-state index is 10.9. The molecular formula is C7H9NO3. The summed E-state index contributed by atoms with van der Waals surface area (Å²) in [7, 11) is 0. The largest absolute Gasteiger partial charge is 0.503 e. The molecule has 0 spiro atoms. The third-order valence-corrected chi connectivity index (χ3v) is 1.48. The van der Waals surface area contributed by atoms with Gasteiger partial charge in [0.1, 0.15) is 0 Å². The Labute approximate surface area is 63.9 Å². The van der Waals surface area contributed by atoms with Gasteiger partial charge < -0.3 is 10.2 Å². The molecule has 0 aromatic rings. The van der Waals surface area contributed by atoms with Crippen molar-refractivity contribution in [2.45, 2.75) is 13.3 Å². The molecular weight excluding hydrogens is 146 g/mol. The van der Waals surface area contributed by atoms with Crippen LogP contribution in [0.15, 0.2) is 16.4 Å². The van der Waals surface area contributed by atoms with Gasteiger partial charge in [0.05, 0.1) is 24.4 Å². The van der Waals surface area contributed by atoms with Crippen molar-refractivity contribution in [3.8, 4) is 0 Å². The van der Waals surface area contributed by atoms with E-state index in [1.165, 1.54) is 6.92 Å². The average Bonchev–Trinajstić information content (AvgIpc) is 1.99. The second-order valence-corrected chi connectivity index (χ2v) is 2.37. The summed E-state index contributed by atoms with van der Waals surface area (Å²) >= 11 is 0. The van der Waals surface area contributed by atoms with Gasteiger partial charge in [0, 0.05) is 0 Å². The van der Waals surface area contributed by atoms with E-state index in [0.29, 0.717) is 5.71 Å². The summed E-state index contributed by atoms with van der Waals surface area (Å²) in [5.74, 6) is -0.663. The number of Topliss-reactive ketones (excluding diaryl/α,β-unsaturated/α-hetero) is 1. The number of aliphatic imine (C=N–C) groups is 1. The molecule has 1 aliphatic rings. The van der Waals surface area contributed by atoms with Crippen LogP contribution in [0.3, 0.4) is 0 Å². The molecule has 60 valence electrons. The lowest BCUT2D eigenvalue weighted by atomic mass is 10.1. The molecule has 0 saturated heterocycles. The van der Waals surface area contributed by atoms with Crippen molar-refractivity contribution >= 4 is 11.5 Å². The second kappa shape index (κ2) is 2.84. The minimum Gasteiger partial charge on any atom is -0.503 e. The first-order valence-electron chi connectivity index (χ1n) is 3.25. The fraction of sp³-hybridized carbons (Fsp3) is 0.429. The Morgan fingerprint density at radius 3 is 2.73 bits per heavy atom. The number of carbonyl (C=O) groups excluding carboxylic acids is 1. The molecule has 0 bridgehead atoms. The van der Waals surface area contributed by atoms with Crippen LogP contribution in [0.2, 0.25) is 0 Å². The van der Waals surface area contributed by atoms with E-state index in [-0.39, 0.29) is 30.3 Å². The predicted octanol–water partition coefficient (Wildman–Crippen LogP) is 0.182. The fourth-order valence-electron chi connectivity index (χ4n) is 0.892. The van der Waals surface area contributed by atoms with Crippen molar-refractivity contribution in [2.75, 3.05) is 6.61 Å². The molecule has 0 amide bonds. The van der Waals surface area contributed by atoms with Crippen LogP contribution in [0, 0.1) is 0 Å². The van der Waals surface area contributed by atoms with Gasteiger partial charge in [-0.3, -0.25) is 9.79 Å². The lowest BCUT2D eigenvalue weighted by molar-refractivity contribution is -0.117. The van der Waals surface area contributed by atoms with Crippen LogP contribution in [0.4, 0.5) is 0 Å². The van der Waals surface area contributed by atoms with Gasteiger partial charge >= 0.3 is 0 Å². The van der Waals surface area contributed by atoms with E-state index < -0.39 is 0 Å². The van der Waals surface area contributed by atoms with Gasteiger partial charge in [-0.1, -0.05) is 0 Å². The van der Waals surface area contributed by atoms with E-state index in [4.69, 9.17) is 10.2 Å². The highest BCUT2D eigenvalue weighted by Crippen LogP contribution is 2.12. The Morgan fingerprint density at radius 2 is 2.27 bits per heavy atom. The first-order valence-corrected chi connectivity index (χ1v) is 3.25. The van der Waals surface area contributed by atoms with Crippen molar-refractivity contribution in [3.05, 3.63) is 11.5 Å². The molecule has 0 aromatic carbocycles. The summed E-state index contributed by atoms with van der Waals surface area (Å²) in [6.45, 7) is 1.30. The average molecular weight is 155 g/mol. The Hall–Kier alpha value is -1.16. The monoisotopic (exact) mass is 155 g/mol. The number of hydrogen-bond acceptors (Lipinski definition) is 4. The summed E-state index contributed by atoms with van der Waals surface area (Å²) < 4.78 is 0. The summed E-state index contributed by atoms with van der Waals surface area (Å²) in [6.07, 6.45) is 0.0275. The maximum Gasteiger partial charge on any atom is 0.204 e. The molecule has 0 aromatic heterocycles. The standard InChI is InChI=1S/C7H9NO3/c1-4-7(11)6(10)2-5(3-9)8-4/h9,11H,2-3H2,1H3. The SMILES string of the molecule is CC1=C(O)C(=O)CC(CO)=N1. The first kappa shape index (κ1) is 7.94. The molecule has 1 aliphatic heterocycles. The van der Waals surface area contributed by atoms with E-state index in [9.17, 15) is 4.79 Å². The molecule has 4 nitrogen and oxygen atoms in total. The van der Waals surface area contributed by atoms with Gasteiger partial charge in [-0.25, -0.2) is 0 Å². The Bertz CT molecular complexity index is 252. The molecule has 0 radical (unpaired) electrons. The van der Waals surface area contributed by atoms with Gasteiger partial charge in [-0.15, -0.1) is 0 Å². The van der Waals surface area contributed by atoms with Crippen LogP contribution in [0.1, 0.15) is 13.3 Å². The number of ketones is 1. The van der Waals surface area contributed by atoms with Crippen LogP contribution in [-0.2, 0) is 4.79 Å². The Kier molecular flexibility index (Phi) is 2.05. The van der Waals surface area contributed by atoms with Crippen LogP contribution < -0.4 is 0 Å². The summed E-state index contributed by atoms with van der Waals surface area (Å²) in [5, 5.41) is 17.6. The highest BCUT2D eigenvalue weighted by atomic mass is 16.3. The topological polar surface area (TPSA) is 69.9 Å². The van der Waals surface area contributed by atoms with Crippen molar-refractivity contribution in [1.29, 1.82) is 0 Å². The number of aliphatic hydroxyl groups excluding tert-OH is 2. The number of aliphatic hydroxyl groups is 2. The van der Waals surface area contributed by atoms with E-state index in [1.54, 1.807) is 0 Å². The summed E-state index contributed by atoms with van der Waals surface area (Å²) in [4.78, 5) is 14.7. The molecule has 1 heterocycles. The van der Waals surface area contributed by atoms with Crippen LogP contribution >= 0.6 is 0 Å². The minimum absolute atomic E-state index is 0.0275. The van der Waals surface area contributed by atoms with Crippen molar-refractivity contribution < 1.29 is 15.0 Å². The lowest BCUT2D eigenvalue weighted by Crippen LogP contribution is -2.18. The summed E-state index contributed by atoms with van der Waals surface area (Å²) in [5.41, 5.74) is 0.690. The second-order valence-electron chi connectivity index (χ2n) is 2.37. The smallest absolute Gasteiger partial charge is 0.204 e. The van der Waals surface area contributed by atoms with E-state index in [2.05, 4.69) is 4.99 Å². The van der Waals surface area contributed by atoms with Crippen molar-refractivity contribution in [3.63, 3.8) is 0 Å². The van der Waals surface area contributed by atoms with E-state index >= 15 is 0 Å². The maximum absolute atomic E-state index is 10.9. The van der Waals surface area contributed by atoms with Gasteiger partial charge in [-0.2, -0.15) is 0 Å². The highest BCUT2D eigenvalue weighted by Gasteiger charge is 2.18. The number of rotatable bonds is 1. The predicted molar refractivity (Wildman–Crippen MR) is 39.5 cm³/mol. The van der Waals surface area contributed by atoms with Gasteiger partial charge in [0.15, 0.2) is 5.76 Å². The Morgan fingerprint density at radius 1 is 1.64 bits per heavy atom. The molecule has 0 fully saturated rings. The van der Waals surface area contributed by atoms with Gasteiger partial charge in [0.2, 0.25) is 5.78 Å². The number of nitrogens with zero attached hydrogens (tertiary/aromatic N) is 1. The van der Waals surface area contributed by atoms with Crippen LogP contribution in [0.25, 0.3) is 0 Å². The zero-order valence-corrected chi connectivity index (χ0v) is 6.16. The third-order valence-electron chi connectivity index (χ3n) is 1.48. The van der Waals surface area contributed by atoms with E-state index in [0.717, 1.165) is 0 Å².